The maximum atomic E-state index is 11.1. The number of hydrogen-bond donors (Lipinski definition) is 2. The minimum atomic E-state index is -0.536. The molecular weight excluding hydrogens is 190 g/mol. The van der Waals surface area contributed by atoms with E-state index in [1.165, 1.54) is 6.08 Å². The van der Waals surface area contributed by atoms with E-state index >= 15 is 0 Å². The summed E-state index contributed by atoms with van der Waals surface area (Å²) in [7, 11) is 0. The number of carbonyl (C=O) groups excluding carboxylic acids is 1. The lowest BCUT2D eigenvalue weighted by Gasteiger charge is -2.08. The number of aryl methyl sites for hydroxylation is 1. The van der Waals surface area contributed by atoms with Gasteiger partial charge in [-0.1, -0.05) is 24.3 Å². The molecule has 0 saturated carbocycles. The van der Waals surface area contributed by atoms with Crippen LogP contribution in [0.5, 0.6) is 0 Å². The Morgan fingerprint density at radius 2 is 2.20 bits per heavy atom. The van der Waals surface area contributed by atoms with Crippen molar-refractivity contribution in [2.75, 3.05) is 0 Å². The minimum absolute atomic E-state index is 0.432. The lowest BCUT2D eigenvalue weighted by molar-refractivity contribution is 0.0999. The molecule has 15 heavy (non-hydrogen) atoms. The summed E-state index contributed by atoms with van der Waals surface area (Å²) in [5, 5.41) is 9.31. The van der Waals surface area contributed by atoms with Crippen LogP contribution in [0.2, 0.25) is 0 Å². The smallest absolute Gasteiger partial charge is 0.248 e. The summed E-state index contributed by atoms with van der Waals surface area (Å²) in [6, 6.07) is 7.16. The van der Waals surface area contributed by atoms with Gasteiger partial charge in [0.15, 0.2) is 0 Å². The Kier molecular flexibility index (Phi) is 4.06. The number of benzene rings is 1. The number of rotatable bonds is 5. The lowest BCUT2D eigenvalue weighted by atomic mass is 10.0. The van der Waals surface area contributed by atoms with Crippen LogP contribution in [-0.2, 0) is 6.42 Å². The molecule has 0 aromatic heterocycles. The van der Waals surface area contributed by atoms with E-state index in [1.807, 2.05) is 12.1 Å². The van der Waals surface area contributed by atoms with Gasteiger partial charge in [0.05, 0.1) is 6.10 Å². The van der Waals surface area contributed by atoms with Crippen LogP contribution in [0.25, 0.3) is 0 Å². The molecule has 0 spiro atoms. The Morgan fingerprint density at radius 3 is 2.80 bits per heavy atom. The Labute approximate surface area is 89.2 Å². The van der Waals surface area contributed by atoms with Crippen LogP contribution in [0.15, 0.2) is 36.9 Å². The summed E-state index contributed by atoms with van der Waals surface area (Å²) in [6.07, 6.45) is 2.11. The quantitative estimate of drug-likeness (QED) is 0.711. The van der Waals surface area contributed by atoms with E-state index < -0.39 is 12.0 Å². The van der Waals surface area contributed by atoms with Crippen molar-refractivity contribution in [2.24, 2.45) is 5.73 Å². The van der Waals surface area contributed by atoms with E-state index in [0.29, 0.717) is 18.4 Å². The first-order valence-corrected chi connectivity index (χ1v) is 4.83. The second kappa shape index (κ2) is 5.32. The molecule has 0 saturated heterocycles. The van der Waals surface area contributed by atoms with E-state index in [9.17, 15) is 9.90 Å². The molecule has 3 N–H and O–H groups in total. The van der Waals surface area contributed by atoms with E-state index in [-0.39, 0.29) is 0 Å². The highest BCUT2D eigenvalue weighted by Gasteiger charge is 2.07. The predicted molar refractivity (Wildman–Crippen MR) is 59.5 cm³/mol. The number of carbonyl (C=O) groups is 1. The zero-order valence-electron chi connectivity index (χ0n) is 8.52. The highest BCUT2D eigenvalue weighted by atomic mass is 16.3. The SMILES string of the molecule is C=CC(O)CCc1ccccc1C(N)=O. The van der Waals surface area contributed by atoms with Gasteiger partial charge in [0, 0.05) is 5.56 Å². The van der Waals surface area contributed by atoms with Gasteiger partial charge in [-0.3, -0.25) is 4.79 Å². The van der Waals surface area contributed by atoms with Crippen LogP contribution in [0.3, 0.4) is 0 Å². The maximum absolute atomic E-state index is 11.1. The van der Waals surface area contributed by atoms with Gasteiger partial charge < -0.3 is 10.8 Å². The van der Waals surface area contributed by atoms with Crippen LogP contribution in [0, 0.1) is 0 Å². The number of primary amides is 1. The van der Waals surface area contributed by atoms with Gasteiger partial charge in [0.1, 0.15) is 0 Å². The normalized spacial score (nSPS) is 12.1. The summed E-state index contributed by atoms with van der Waals surface area (Å²) < 4.78 is 0. The van der Waals surface area contributed by atoms with Gasteiger partial charge in [-0.05, 0) is 24.5 Å². The van der Waals surface area contributed by atoms with Crippen molar-refractivity contribution in [3.63, 3.8) is 0 Å². The van der Waals surface area contributed by atoms with E-state index in [1.54, 1.807) is 12.1 Å². The first kappa shape index (κ1) is 11.5. The number of aliphatic hydroxyl groups is 1. The van der Waals surface area contributed by atoms with E-state index in [2.05, 4.69) is 6.58 Å². The largest absolute Gasteiger partial charge is 0.389 e. The molecular formula is C12H15NO2. The molecule has 0 aliphatic carbocycles. The molecule has 0 bridgehead atoms. The predicted octanol–water partition coefficient (Wildman–Crippen LogP) is 1.26. The molecule has 1 aromatic rings. The molecule has 1 aromatic carbocycles. The zero-order valence-corrected chi connectivity index (χ0v) is 8.52. The van der Waals surface area contributed by atoms with Gasteiger partial charge in [0.25, 0.3) is 0 Å². The van der Waals surface area contributed by atoms with Crippen molar-refractivity contribution in [1.82, 2.24) is 0 Å². The summed E-state index contributed by atoms with van der Waals surface area (Å²) in [5.74, 6) is -0.432. The zero-order chi connectivity index (χ0) is 11.3. The second-order valence-electron chi connectivity index (χ2n) is 3.36. The summed E-state index contributed by atoms with van der Waals surface area (Å²) >= 11 is 0. The average Bonchev–Trinajstić information content (AvgIpc) is 2.26. The van der Waals surface area contributed by atoms with Gasteiger partial charge in [0.2, 0.25) is 5.91 Å². The summed E-state index contributed by atoms with van der Waals surface area (Å²) in [5.41, 5.74) is 6.62. The fraction of sp³-hybridized carbons (Fsp3) is 0.250. The molecule has 0 aliphatic heterocycles. The molecule has 3 nitrogen and oxygen atoms in total. The number of nitrogens with two attached hydrogens (primary N) is 1. The van der Waals surface area contributed by atoms with E-state index in [4.69, 9.17) is 5.73 Å². The third kappa shape index (κ3) is 3.22. The topological polar surface area (TPSA) is 63.3 Å². The number of aliphatic hydroxyl groups excluding tert-OH is 1. The van der Waals surface area contributed by atoms with Crippen molar-refractivity contribution in [2.45, 2.75) is 18.9 Å². The van der Waals surface area contributed by atoms with E-state index in [0.717, 1.165) is 5.56 Å². The van der Waals surface area contributed by atoms with Crippen LogP contribution in [0.4, 0.5) is 0 Å². The third-order valence-corrected chi connectivity index (χ3v) is 2.26. The average molecular weight is 205 g/mol. The van der Waals surface area contributed by atoms with Crippen molar-refractivity contribution in [3.8, 4) is 0 Å². The monoisotopic (exact) mass is 205 g/mol. The summed E-state index contributed by atoms with van der Waals surface area (Å²) in [4.78, 5) is 11.1. The lowest BCUT2D eigenvalue weighted by Crippen LogP contribution is -2.14. The number of amides is 1. The van der Waals surface area contributed by atoms with Crippen molar-refractivity contribution in [3.05, 3.63) is 48.0 Å². The molecule has 1 unspecified atom stereocenters. The van der Waals surface area contributed by atoms with Crippen LogP contribution >= 0.6 is 0 Å². The maximum Gasteiger partial charge on any atom is 0.248 e. The van der Waals surface area contributed by atoms with Crippen molar-refractivity contribution >= 4 is 5.91 Å². The Morgan fingerprint density at radius 1 is 1.53 bits per heavy atom. The molecule has 0 heterocycles. The highest BCUT2D eigenvalue weighted by Crippen LogP contribution is 2.11. The van der Waals surface area contributed by atoms with Gasteiger partial charge in [-0.2, -0.15) is 0 Å². The summed E-state index contributed by atoms with van der Waals surface area (Å²) in [6.45, 7) is 3.49. The molecule has 0 aliphatic rings. The van der Waals surface area contributed by atoms with Gasteiger partial charge in [-0.15, -0.1) is 6.58 Å². The third-order valence-electron chi connectivity index (χ3n) is 2.26. The van der Waals surface area contributed by atoms with Gasteiger partial charge in [-0.25, -0.2) is 0 Å². The minimum Gasteiger partial charge on any atom is -0.389 e. The Balaban J connectivity index is 2.76. The van der Waals surface area contributed by atoms with Crippen molar-refractivity contribution < 1.29 is 9.90 Å². The molecule has 1 rings (SSSR count). The fourth-order valence-corrected chi connectivity index (χ4v) is 1.40. The molecule has 0 radical (unpaired) electrons. The Bertz CT molecular complexity index is 360. The highest BCUT2D eigenvalue weighted by molar-refractivity contribution is 5.94. The molecule has 1 atom stereocenters. The standard InChI is InChI=1S/C12H15NO2/c1-2-10(14)8-7-9-5-3-4-6-11(9)12(13)15/h2-6,10,14H,1,7-8H2,(H2,13,15). The fourth-order valence-electron chi connectivity index (χ4n) is 1.40. The van der Waals surface area contributed by atoms with Crippen LogP contribution < -0.4 is 5.73 Å². The van der Waals surface area contributed by atoms with Crippen LogP contribution in [0.1, 0.15) is 22.3 Å². The molecule has 80 valence electrons. The number of hydrogen-bond acceptors (Lipinski definition) is 2. The molecule has 3 heteroatoms. The first-order valence-electron chi connectivity index (χ1n) is 4.83. The molecule has 0 fully saturated rings. The van der Waals surface area contributed by atoms with Crippen molar-refractivity contribution in [1.29, 1.82) is 0 Å². The Hall–Kier alpha value is -1.61. The second-order valence-corrected chi connectivity index (χ2v) is 3.36. The van der Waals surface area contributed by atoms with Crippen LogP contribution in [-0.4, -0.2) is 17.1 Å². The van der Waals surface area contributed by atoms with Gasteiger partial charge >= 0.3 is 0 Å². The first-order chi connectivity index (χ1) is 7.15. The molecule has 1 amide bonds.